The maximum Gasteiger partial charge on any atom is 0.0297 e. The summed E-state index contributed by atoms with van der Waals surface area (Å²) in [5.41, 5.74) is 2.80. The maximum absolute atomic E-state index is 3.71. The SMILES string of the molecule is Cc1ccccc1[C@H](C)NC1CCCNC1. The van der Waals surface area contributed by atoms with Gasteiger partial charge in [-0.25, -0.2) is 0 Å². The minimum atomic E-state index is 0.450. The van der Waals surface area contributed by atoms with E-state index in [0.29, 0.717) is 12.1 Å². The summed E-state index contributed by atoms with van der Waals surface area (Å²) in [7, 11) is 0. The summed E-state index contributed by atoms with van der Waals surface area (Å²) in [4.78, 5) is 0. The lowest BCUT2D eigenvalue weighted by molar-refractivity contribution is 0.361. The summed E-state index contributed by atoms with van der Waals surface area (Å²) < 4.78 is 0. The van der Waals surface area contributed by atoms with Crippen LogP contribution in [0.2, 0.25) is 0 Å². The number of rotatable bonds is 3. The van der Waals surface area contributed by atoms with Gasteiger partial charge in [0.2, 0.25) is 0 Å². The van der Waals surface area contributed by atoms with E-state index < -0.39 is 0 Å². The monoisotopic (exact) mass is 218 g/mol. The van der Waals surface area contributed by atoms with Gasteiger partial charge in [-0.1, -0.05) is 24.3 Å². The lowest BCUT2D eigenvalue weighted by Crippen LogP contribution is -2.44. The number of aryl methyl sites for hydroxylation is 1. The van der Waals surface area contributed by atoms with Crippen LogP contribution in [0.15, 0.2) is 24.3 Å². The van der Waals surface area contributed by atoms with Gasteiger partial charge in [0.05, 0.1) is 0 Å². The topological polar surface area (TPSA) is 24.1 Å². The van der Waals surface area contributed by atoms with Crippen LogP contribution in [0.3, 0.4) is 0 Å². The van der Waals surface area contributed by atoms with Crippen LogP contribution < -0.4 is 10.6 Å². The molecule has 1 saturated heterocycles. The third-order valence-electron chi connectivity index (χ3n) is 3.44. The molecule has 2 nitrogen and oxygen atoms in total. The zero-order chi connectivity index (χ0) is 11.4. The lowest BCUT2D eigenvalue weighted by atomic mass is 10.00. The second-order valence-corrected chi connectivity index (χ2v) is 4.79. The zero-order valence-corrected chi connectivity index (χ0v) is 10.3. The van der Waals surface area contributed by atoms with Crippen molar-refractivity contribution in [1.29, 1.82) is 0 Å². The largest absolute Gasteiger partial charge is 0.315 e. The average Bonchev–Trinajstić information content (AvgIpc) is 2.31. The Bertz CT molecular complexity index is 329. The van der Waals surface area contributed by atoms with E-state index in [0.717, 1.165) is 6.54 Å². The highest BCUT2D eigenvalue weighted by atomic mass is 15.0. The molecule has 1 unspecified atom stereocenters. The van der Waals surface area contributed by atoms with E-state index in [-0.39, 0.29) is 0 Å². The number of piperidine rings is 1. The minimum absolute atomic E-state index is 0.450. The number of nitrogens with one attached hydrogen (secondary N) is 2. The van der Waals surface area contributed by atoms with Crippen LogP contribution >= 0.6 is 0 Å². The van der Waals surface area contributed by atoms with Gasteiger partial charge in [0.15, 0.2) is 0 Å². The summed E-state index contributed by atoms with van der Waals surface area (Å²) in [5.74, 6) is 0. The molecule has 1 aliphatic rings. The van der Waals surface area contributed by atoms with Crippen molar-refractivity contribution in [2.24, 2.45) is 0 Å². The highest BCUT2D eigenvalue weighted by molar-refractivity contribution is 5.28. The van der Waals surface area contributed by atoms with E-state index in [2.05, 4.69) is 48.7 Å². The van der Waals surface area contributed by atoms with E-state index in [4.69, 9.17) is 0 Å². The summed E-state index contributed by atoms with van der Waals surface area (Å²) in [6.07, 6.45) is 2.58. The Kier molecular flexibility index (Phi) is 3.97. The molecule has 2 atom stereocenters. The second kappa shape index (κ2) is 5.46. The third kappa shape index (κ3) is 2.83. The van der Waals surface area contributed by atoms with Crippen molar-refractivity contribution < 1.29 is 0 Å². The van der Waals surface area contributed by atoms with Gasteiger partial charge < -0.3 is 10.6 Å². The van der Waals surface area contributed by atoms with Gasteiger partial charge in [-0.2, -0.15) is 0 Å². The summed E-state index contributed by atoms with van der Waals surface area (Å²) in [6, 6.07) is 9.72. The van der Waals surface area contributed by atoms with E-state index in [1.54, 1.807) is 0 Å². The Morgan fingerprint density at radius 3 is 2.88 bits per heavy atom. The molecule has 1 aromatic rings. The molecule has 1 aliphatic heterocycles. The van der Waals surface area contributed by atoms with Crippen molar-refractivity contribution in [3.63, 3.8) is 0 Å². The molecule has 0 amide bonds. The first-order valence-electron chi connectivity index (χ1n) is 6.29. The molecule has 2 heteroatoms. The van der Waals surface area contributed by atoms with E-state index in [1.165, 1.54) is 30.5 Å². The average molecular weight is 218 g/mol. The number of benzene rings is 1. The normalized spacial score (nSPS) is 23.0. The van der Waals surface area contributed by atoms with Gasteiger partial charge in [0.1, 0.15) is 0 Å². The Labute approximate surface area is 98.4 Å². The van der Waals surface area contributed by atoms with Crippen LogP contribution in [0.1, 0.15) is 36.9 Å². The van der Waals surface area contributed by atoms with Crippen molar-refractivity contribution >= 4 is 0 Å². The van der Waals surface area contributed by atoms with Crippen LogP contribution in [0, 0.1) is 6.92 Å². The Morgan fingerprint density at radius 1 is 1.38 bits per heavy atom. The first kappa shape index (κ1) is 11.6. The summed E-state index contributed by atoms with van der Waals surface area (Å²) >= 11 is 0. The molecule has 16 heavy (non-hydrogen) atoms. The van der Waals surface area contributed by atoms with Crippen LogP contribution in [-0.4, -0.2) is 19.1 Å². The standard InChI is InChI=1S/C14H22N2/c1-11-6-3-4-8-14(11)12(2)16-13-7-5-9-15-10-13/h3-4,6,8,12-13,15-16H,5,7,9-10H2,1-2H3/t12-,13?/m0/s1. The van der Waals surface area contributed by atoms with Gasteiger partial charge in [-0.15, -0.1) is 0 Å². The van der Waals surface area contributed by atoms with Gasteiger partial charge in [-0.05, 0) is 44.4 Å². The van der Waals surface area contributed by atoms with Crippen molar-refractivity contribution in [1.82, 2.24) is 10.6 Å². The van der Waals surface area contributed by atoms with Crippen molar-refractivity contribution in [2.75, 3.05) is 13.1 Å². The Morgan fingerprint density at radius 2 is 2.19 bits per heavy atom. The molecular formula is C14H22N2. The minimum Gasteiger partial charge on any atom is -0.315 e. The highest BCUT2D eigenvalue weighted by Crippen LogP contribution is 2.18. The predicted octanol–water partition coefficient (Wildman–Crippen LogP) is 2.40. The second-order valence-electron chi connectivity index (χ2n) is 4.79. The molecular weight excluding hydrogens is 196 g/mol. The highest BCUT2D eigenvalue weighted by Gasteiger charge is 2.16. The number of hydrogen-bond acceptors (Lipinski definition) is 2. The van der Waals surface area contributed by atoms with Crippen LogP contribution in [0.5, 0.6) is 0 Å². The van der Waals surface area contributed by atoms with Crippen molar-refractivity contribution in [3.8, 4) is 0 Å². The fourth-order valence-electron chi connectivity index (χ4n) is 2.51. The predicted molar refractivity (Wildman–Crippen MR) is 68.6 cm³/mol. The quantitative estimate of drug-likeness (QED) is 0.814. The zero-order valence-electron chi connectivity index (χ0n) is 10.3. The molecule has 1 fully saturated rings. The van der Waals surface area contributed by atoms with E-state index >= 15 is 0 Å². The molecule has 2 N–H and O–H groups in total. The molecule has 0 saturated carbocycles. The lowest BCUT2D eigenvalue weighted by Gasteiger charge is -2.28. The van der Waals surface area contributed by atoms with Gasteiger partial charge in [0, 0.05) is 18.6 Å². The smallest absolute Gasteiger partial charge is 0.0297 e. The Hall–Kier alpha value is -0.860. The van der Waals surface area contributed by atoms with E-state index in [1.807, 2.05) is 0 Å². The first-order valence-corrected chi connectivity index (χ1v) is 6.29. The van der Waals surface area contributed by atoms with Crippen LogP contribution in [-0.2, 0) is 0 Å². The molecule has 0 aliphatic carbocycles. The fourth-order valence-corrected chi connectivity index (χ4v) is 2.51. The number of hydrogen-bond donors (Lipinski definition) is 2. The maximum atomic E-state index is 3.71. The van der Waals surface area contributed by atoms with Crippen molar-refractivity contribution in [3.05, 3.63) is 35.4 Å². The molecule has 0 radical (unpaired) electrons. The first-order chi connectivity index (χ1) is 7.77. The molecule has 0 spiro atoms. The third-order valence-corrected chi connectivity index (χ3v) is 3.44. The molecule has 0 aromatic heterocycles. The van der Waals surface area contributed by atoms with Gasteiger partial charge >= 0.3 is 0 Å². The molecule has 2 rings (SSSR count). The molecule has 1 aromatic carbocycles. The summed E-state index contributed by atoms with van der Waals surface area (Å²) in [6.45, 7) is 6.73. The van der Waals surface area contributed by atoms with Crippen LogP contribution in [0.4, 0.5) is 0 Å². The van der Waals surface area contributed by atoms with Crippen molar-refractivity contribution in [2.45, 2.75) is 38.8 Å². The molecule has 1 heterocycles. The fraction of sp³-hybridized carbons (Fsp3) is 0.571. The molecule has 88 valence electrons. The van der Waals surface area contributed by atoms with Gasteiger partial charge in [-0.3, -0.25) is 0 Å². The summed E-state index contributed by atoms with van der Waals surface area (Å²) in [5, 5.41) is 7.16. The Balaban J connectivity index is 1.96. The van der Waals surface area contributed by atoms with Crippen LogP contribution in [0.25, 0.3) is 0 Å². The van der Waals surface area contributed by atoms with Gasteiger partial charge in [0.25, 0.3) is 0 Å². The van der Waals surface area contributed by atoms with E-state index in [9.17, 15) is 0 Å². The molecule has 0 bridgehead atoms.